The molecule has 3 heterocycles. The number of nitrogens with two attached hydrogens (primary N) is 1. The zero-order valence-corrected chi connectivity index (χ0v) is 15.9. The van der Waals surface area contributed by atoms with Crippen LogP contribution in [0.2, 0.25) is 0 Å². The van der Waals surface area contributed by atoms with Gasteiger partial charge in [0.05, 0.1) is 19.0 Å². The Morgan fingerprint density at radius 3 is 2.69 bits per heavy atom. The van der Waals surface area contributed by atoms with Gasteiger partial charge < -0.3 is 20.3 Å². The fourth-order valence-electron chi connectivity index (χ4n) is 3.40. The number of morpholine rings is 1. The van der Waals surface area contributed by atoms with Gasteiger partial charge in [-0.2, -0.15) is 0 Å². The van der Waals surface area contributed by atoms with Crippen LogP contribution in [0.5, 0.6) is 0 Å². The first-order chi connectivity index (χ1) is 12.6. The van der Waals surface area contributed by atoms with E-state index in [0.29, 0.717) is 26.2 Å². The maximum Gasteiger partial charge on any atom is 0.240 e. The molecule has 0 aliphatic carbocycles. The average molecular weight is 382 g/mol. The van der Waals surface area contributed by atoms with Crippen molar-refractivity contribution in [1.29, 1.82) is 0 Å². The molecule has 2 fully saturated rings. The molecule has 2 N–H and O–H groups in total. The van der Waals surface area contributed by atoms with Crippen molar-refractivity contribution in [3.63, 3.8) is 0 Å². The number of thioether (sulfide) groups is 1. The number of rotatable bonds is 6. The molecule has 26 heavy (non-hydrogen) atoms. The summed E-state index contributed by atoms with van der Waals surface area (Å²) in [5.41, 5.74) is 5.45. The Bertz CT molecular complexity index is 646. The van der Waals surface area contributed by atoms with Gasteiger partial charge in [-0.05, 0) is 26.2 Å². The normalized spacial score (nSPS) is 21.0. The molecule has 144 valence electrons. The predicted molar refractivity (Wildman–Crippen MR) is 98.0 cm³/mol. The van der Waals surface area contributed by atoms with Crippen LogP contribution >= 0.6 is 11.8 Å². The van der Waals surface area contributed by atoms with Crippen LogP contribution in [0.25, 0.3) is 0 Å². The number of nitrogens with zero attached hydrogens (tertiary/aromatic N) is 5. The predicted octanol–water partition coefficient (Wildman–Crippen LogP) is 0.0931. The van der Waals surface area contributed by atoms with Gasteiger partial charge in [-0.1, -0.05) is 11.8 Å². The number of carbonyl (C=O) groups is 2. The summed E-state index contributed by atoms with van der Waals surface area (Å²) in [5.74, 6) is 0.551. The van der Waals surface area contributed by atoms with Crippen molar-refractivity contribution in [2.45, 2.75) is 43.9 Å². The molecule has 2 saturated heterocycles. The minimum absolute atomic E-state index is 0.0722. The van der Waals surface area contributed by atoms with Crippen LogP contribution in [-0.4, -0.2) is 76.1 Å². The number of hydrogen-bond acceptors (Lipinski definition) is 7. The van der Waals surface area contributed by atoms with Crippen LogP contribution in [0.1, 0.15) is 26.2 Å². The van der Waals surface area contributed by atoms with Crippen LogP contribution in [0.4, 0.5) is 5.95 Å². The molecule has 0 saturated carbocycles. The number of piperidine rings is 1. The van der Waals surface area contributed by atoms with E-state index < -0.39 is 11.9 Å². The monoisotopic (exact) mass is 382 g/mol. The van der Waals surface area contributed by atoms with Crippen molar-refractivity contribution in [2.24, 2.45) is 5.73 Å². The standard InChI is InChI=1S/C16H26N6O3S/c1-2-21-15(20-7-9-25-10-8-20)18-19-16(21)26-11-13(23)22-6-4-3-5-12(22)14(17)24/h12H,2-11H2,1H3,(H2,17,24)/t12-/m0/s1. The van der Waals surface area contributed by atoms with Crippen molar-refractivity contribution in [1.82, 2.24) is 19.7 Å². The van der Waals surface area contributed by atoms with Crippen LogP contribution in [0.15, 0.2) is 5.16 Å². The first-order valence-electron chi connectivity index (χ1n) is 9.09. The third-order valence-electron chi connectivity index (χ3n) is 4.78. The zero-order chi connectivity index (χ0) is 18.5. The van der Waals surface area contributed by atoms with Gasteiger partial charge in [0.15, 0.2) is 5.16 Å². The first-order valence-corrected chi connectivity index (χ1v) is 10.1. The van der Waals surface area contributed by atoms with E-state index in [1.165, 1.54) is 11.8 Å². The van der Waals surface area contributed by atoms with Crippen molar-refractivity contribution in [2.75, 3.05) is 43.5 Å². The van der Waals surface area contributed by atoms with Gasteiger partial charge >= 0.3 is 0 Å². The Morgan fingerprint density at radius 2 is 2.00 bits per heavy atom. The van der Waals surface area contributed by atoms with Crippen molar-refractivity contribution >= 4 is 29.5 Å². The summed E-state index contributed by atoms with van der Waals surface area (Å²) in [6.45, 7) is 6.29. The van der Waals surface area contributed by atoms with E-state index in [4.69, 9.17) is 10.5 Å². The lowest BCUT2D eigenvalue weighted by Gasteiger charge is -2.33. The second-order valence-corrected chi connectivity index (χ2v) is 7.36. The number of primary amides is 1. The van der Waals surface area contributed by atoms with E-state index in [-0.39, 0.29) is 11.7 Å². The summed E-state index contributed by atoms with van der Waals surface area (Å²) in [6, 6.07) is -0.482. The molecule has 2 aliphatic rings. The molecule has 0 spiro atoms. The lowest BCUT2D eigenvalue weighted by Crippen LogP contribution is -2.51. The maximum absolute atomic E-state index is 12.6. The fraction of sp³-hybridized carbons (Fsp3) is 0.750. The SMILES string of the molecule is CCn1c(SCC(=O)N2CCCC[C@H]2C(N)=O)nnc1N1CCOCC1. The van der Waals surface area contributed by atoms with Crippen LogP contribution in [0, 0.1) is 0 Å². The van der Waals surface area contributed by atoms with Crippen LogP contribution in [-0.2, 0) is 20.9 Å². The van der Waals surface area contributed by atoms with E-state index in [1.807, 2.05) is 11.5 Å². The third-order valence-corrected chi connectivity index (χ3v) is 5.74. The largest absolute Gasteiger partial charge is 0.378 e. The molecule has 0 radical (unpaired) electrons. The number of anilines is 1. The first kappa shape index (κ1) is 19.0. The molecular weight excluding hydrogens is 356 g/mol. The van der Waals surface area contributed by atoms with E-state index >= 15 is 0 Å². The Kier molecular flexibility index (Phi) is 6.36. The minimum Gasteiger partial charge on any atom is -0.378 e. The Balaban J connectivity index is 1.64. The summed E-state index contributed by atoms with van der Waals surface area (Å²) in [5, 5.41) is 9.29. The van der Waals surface area contributed by atoms with Crippen molar-refractivity contribution < 1.29 is 14.3 Å². The Labute approximate surface area is 157 Å². The quantitative estimate of drug-likeness (QED) is 0.695. The van der Waals surface area contributed by atoms with Gasteiger partial charge in [0.1, 0.15) is 6.04 Å². The van der Waals surface area contributed by atoms with E-state index in [9.17, 15) is 9.59 Å². The Morgan fingerprint density at radius 1 is 1.23 bits per heavy atom. The van der Waals surface area contributed by atoms with Gasteiger partial charge in [0, 0.05) is 26.2 Å². The number of ether oxygens (including phenoxy) is 1. The van der Waals surface area contributed by atoms with Crippen molar-refractivity contribution in [3.05, 3.63) is 0 Å². The summed E-state index contributed by atoms with van der Waals surface area (Å²) < 4.78 is 7.40. The van der Waals surface area contributed by atoms with Crippen molar-refractivity contribution in [3.8, 4) is 0 Å². The smallest absolute Gasteiger partial charge is 0.240 e. The van der Waals surface area contributed by atoms with Crippen LogP contribution < -0.4 is 10.6 Å². The van der Waals surface area contributed by atoms with E-state index in [1.54, 1.807) is 4.90 Å². The minimum atomic E-state index is -0.482. The maximum atomic E-state index is 12.6. The molecule has 0 bridgehead atoms. The zero-order valence-electron chi connectivity index (χ0n) is 15.1. The lowest BCUT2D eigenvalue weighted by atomic mass is 10.0. The molecule has 3 rings (SSSR count). The highest BCUT2D eigenvalue weighted by Crippen LogP contribution is 2.24. The second-order valence-electron chi connectivity index (χ2n) is 6.42. The molecule has 0 unspecified atom stereocenters. The van der Waals surface area contributed by atoms with Crippen LogP contribution in [0.3, 0.4) is 0 Å². The number of aromatic nitrogens is 3. The second kappa shape index (κ2) is 8.72. The van der Waals surface area contributed by atoms with Gasteiger partial charge in [-0.25, -0.2) is 0 Å². The molecule has 2 amide bonds. The molecule has 1 aromatic rings. The average Bonchev–Trinajstić information content (AvgIpc) is 3.09. The summed E-state index contributed by atoms with van der Waals surface area (Å²) >= 11 is 1.36. The molecule has 2 aliphatic heterocycles. The van der Waals surface area contributed by atoms with E-state index in [0.717, 1.165) is 43.6 Å². The number of likely N-dealkylation sites (tertiary alicyclic amines) is 1. The molecular formula is C16H26N6O3S. The summed E-state index contributed by atoms with van der Waals surface area (Å²) in [7, 11) is 0. The fourth-order valence-corrected chi connectivity index (χ4v) is 4.28. The molecule has 9 nitrogen and oxygen atoms in total. The number of carbonyl (C=O) groups excluding carboxylic acids is 2. The summed E-state index contributed by atoms with van der Waals surface area (Å²) in [4.78, 5) is 28.0. The van der Waals surface area contributed by atoms with Gasteiger partial charge in [-0.3, -0.25) is 14.2 Å². The molecule has 1 aromatic heterocycles. The highest BCUT2D eigenvalue weighted by molar-refractivity contribution is 7.99. The Hall–Kier alpha value is -1.81. The lowest BCUT2D eigenvalue weighted by molar-refractivity contribution is -0.138. The molecule has 0 aromatic carbocycles. The molecule has 1 atom stereocenters. The van der Waals surface area contributed by atoms with Gasteiger partial charge in [-0.15, -0.1) is 10.2 Å². The highest BCUT2D eigenvalue weighted by atomic mass is 32.2. The number of hydrogen-bond donors (Lipinski definition) is 1. The number of amides is 2. The third kappa shape index (κ3) is 4.12. The van der Waals surface area contributed by atoms with E-state index in [2.05, 4.69) is 15.1 Å². The molecule has 10 heteroatoms. The van der Waals surface area contributed by atoms with Gasteiger partial charge in [0.25, 0.3) is 0 Å². The topological polar surface area (TPSA) is 107 Å². The highest BCUT2D eigenvalue weighted by Gasteiger charge is 2.31. The summed E-state index contributed by atoms with van der Waals surface area (Å²) in [6.07, 6.45) is 2.49. The van der Waals surface area contributed by atoms with Gasteiger partial charge in [0.2, 0.25) is 17.8 Å².